The van der Waals surface area contributed by atoms with Crippen LogP contribution in [0, 0.1) is 5.82 Å². The van der Waals surface area contributed by atoms with Crippen molar-refractivity contribution in [2.24, 2.45) is 0 Å². The number of anilines is 1. The Labute approximate surface area is 149 Å². The first kappa shape index (κ1) is 20.5. The molecule has 2 rings (SSSR count). The minimum atomic E-state index is -5.71. The molecule has 0 spiro atoms. The van der Waals surface area contributed by atoms with Gasteiger partial charge in [0.2, 0.25) is 5.91 Å². The summed E-state index contributed by atoms with van der Waals surface area (Å²) < 4.78 is 74.6. The molecule has 1 fully saturated rings. The van der Waals surface area contributed by atoms with Gasteiger partial charge in [-0.25, -0.2) is 12.8 Å². The third-order valence-corrected chi connectivity index (χ3v) is 5.70. The Balaban J connectivity index is 2.00. The van der Waals surface area contributed by atoms with E-state index in [0.717, 1.165) is 44.2 Å². The van der Waals surface area contributed by atoms with Crippen molar-refractivity contribution in [1.82, 2.24) is 5.32 Å². The average Bonchev–Trinajstić information content (AvgIpc) is 2.56. The van der Waals surface area contributed by atoms with Gasteiger partial charge in [-0.15, -0.1) is 0 Å². The smallest absolute Gasteiger partial charge is 0.383 e. The number of rotatable bonds is 6. The van der Waals surface area contributed by atoms with E-state index in [1.165, 1.54) is 0 Å². The third-order valence-electron chi connectivity index (χ3n) is 4.18. The van der Waals surface area contributed by atoms with E-state index in [-0.39, 0.29) is 24.9 Å². The van der Waals surface area contributed by atoms with Gasteiger partial charge in [0.05, 0.1) is 5.69 Å². The molecule has 0 atom stereocenters. The molecule has 0 aliphatic heterocycles. The highest BCUT2D eigenvalue weighted by Crippen LogP contribution is 2.34. The minimum absolute atomic E-state index is 0.0423. The van der Waals surface area contributed by atoms with Crippen LogP contribution in [0.25, 0.3) is 0 Å². The van der Waals surface area contributed by atoms with Gasteiger partial charge in [-0.05, 0) is 31.0 Å². The van der Waals surface area contributed by atoms with Crippen molar-refractivity contribution in [1.29, 1.82) is 0 Å². The average molecular weight is 396 g/mol. The van der Waals surface area contributed by atoms with Crippen LogP contribution in [-0.4, -0.2) is 32.4 Å². The lowest BCUT2D eigenvalue weighted by Crippen LogP contribution is -2.36. The van der Waals surface area contributed by atoms with E-state index in [2.05, 4.69) is 10.6 Å². The second-order valence-corrected chi connectivity index (χ2v) is 8.08. The molecule has 5 nitrogen and oxygen atoms in total. The largest absolute Gasteiger partial charge is 0.501 e. The van der Waals surface area contributed by atoms with Crippen molar-refractivity contribution in [3.05, 3.63) is 24.0 Å². The Bertz CT molecular complexity index is 744. The number of halogens is 4. The number of amides is 1. The molecule has 0 bridgehead atoms. The molecule has 10 heteroatoms. The van der Waals surface area contributed by atoms with Crippen molar-refractivity contribution in [2.45, 2.75) is 55.0 Å². The summed E-state index contributed by atoms with van der Waals surface area (Å²) in [5, 5.41) is 5.33. The minimum Gasteiger partial charge on any atom is -0.383 e. The number of carbonyl (C=O) groups excluding carboxylic acids is 1. The SMILES string of the molecule is O=C(CCNc1ccc(F)cc1S(=O)(=O)C(F)(F)F)NC1CCCCC1. The monoisotopic (exact) mass is 396 g/mol. The van der Waals surface area contributed by atoms with Crippen molar-refractivity contribution in [3.8, 4) is 0 Å². The zero-order valence-corrected chi connectivity index (χ0v) is 14.7. The van der Waals surface area contributed by atoms with Crippen LogP contribution < -0.4 is 10.6 Å². The Morgan fingerprint density at radius 2 is 1.81 bits per heavy atom. The molecule has 1 aliphatic carbocycles. The molecule has 2 N–H and O–H groups in total. The molecule has 0 aromatic heterocycles. The Hall–Kier alpha value is -1.84. The number of carbonyl (C=O) groups is 1. The number of sulfone groups is 1. The summed E-state index contributed by atoms with van der Waals surface area (Å²) in [4.78, 5) is 10.7. The van der Waals surface area contributed by atoms with Gasteiger partial charge in [-0.1, -0.05) is 19.3 Å². The lowest BCUT2D eigenvalue weighted by molar-refractivity contribution is -0.121. The molecule has 1 aromatic rings. The van der Waals surface area contributed by atoms with Crippen LogP contribution in [0.15, 0.2) is 23.1 Å². The maximum absolute atomic E-state index is 13.3. The predicted octanol–water partition coefficient (Wildman–Crippen LogP) is 3.37. The molecule has 0 heterocycles. The Morgan fingerprint density at radius 1 is 1.15 bits per heavy atom. The summed E-state index contributed by atoms with van der Waals surface area (Å²) >= 11 is 0. The standard InChI is InChI=1S/C16H20F4N2O3S/c17-11-6-7-13(14(10-11)26(24,25)16(18,19)20)21-9-8-15(23)22-12-4-2-1-3-5-12/h6-7,10,12,21H,1-5,8-9H2,(H,22,23). The molecule has 26 heavy (non-hydrogen) atoms. The number of alkyl halides is 3. The van der Waals surface area contributed by atoms with Gasteiger partial charge >= 0.3 is 5.51 Å². The van der Waals surface area contributed by atoms with Crippen LogP contribution in [0.1, 0.15) is 38.5 Å². The summed E-state index contributed by atoms with van der Waals surface area (Å²) in [5.74, 6) is -1.37. The molecule has 0 unspecified atom stereocenters. The summed E-state index contributed by atoms with van der Waals surface area (Å²) in [6, 6.07) is 2.17. The molecule has 1 aromatic carbocycles. The highest BCUT2D eigenvalue weighted by Gasteiger charge is 2.48. The van der Waals surface area contributed by atoms with Gasteiger partial charge in [-0.2, -0.15) is 13.2 Å². The number of hydrogen-bond acceptors (Lipinski definition) is 4. The lowest BCUT2D eigenvalue weighted by Gasteiger charge is -2.22. The predicted molar refractivity (Wildman–Crippen MR) is 87.8 cm³/mol. The number of benzene rings is 1. The maximum Gasteiger partial charge on any atom is 0.501 e. The van der Waals surface area contributed by atoms with E-state index in [0.29, 0.717) is 6.07 Å². The number of hydrogen-bond donors (Lipinski definition) is 2. The van der Waals surface area contributed by atoms with Gasteiger partial charge in [-0.3, -0.25) is 4.79 Å². The molecule has 1 amide bonds. The van der Waals surface area contributed by atoms with Gasteiger partial charge < -0.3 is 10.6 Å². The van der Waals surface area contributed by atoms with E-state index in [1.54, 1.807) is 0 Å². The van der Waals surface area contributed by atoms with E-state index in [9.17, 15) is 30.8 Å². The topological polar surface area (TPSA) is 75.3 Å². The summed E-state index contributed by atoms with van der Waals surface area (Å²) in [7, 11) is -5.71. The first-order chi connectivity index (χ1) is 12.1. The van der Waals surface area contributed by atoms with E-state index >= 15 is 0 Å². The maximum atomic E-state index is 13.3. The van der Waals surface area contributed by atoms with Gasteiger partial charge in [0.1, 0.15) is 10.7 Å². The fourth-order valence-corrected chi connectivity index (χ4v) is 3.79. The van der Waals surface area contributed by atoms with Crippen LogP contribution in [0.4, 0.5) is 23.2 Å². The van der Waals surface area contributed by atoms with Crippen LogP contribution in [0.2, 0.25) is 0 Å². The zero-order valence-electron chi connectivity index (χ0n) is 13.9. The van der Waals surface area contributed by atoms with Crippen LogP contribution in [0.5, 0.6) is 0 Å². The first-order valence-corrected chi connectivity index (χ1v) is 9.74. The molecular weight excluding hydrogens is 376 g/mol. The summed E-state index contributed by atoms with van der Waals surface area (Å²) in [5.41, 5.74) is -5.94. The summed E-state index contributed by atoms with van der Waals surface area (Å²) in [6.07, 6.45) is 4.96. The van der Waals surface area contributed by atoms with Crippen LogP contribution >= 0.6 is 0 Å². The summed E-state index contributed by atoms with van der Waals surface area (Å²) in [6.45, 7) is -0.0788. The van der Waals surface area contributed by atoms with Crippen molar-refractivity contribution in [3.63, 3.8) is 0 Å². The third kappa shape index (κ3) is 5.09. The van der Waals surface area contributed by atoms with Crippen LogP contribution in [-0.2, 0) is 14.6 Å². The molecule has 1 saturated carbocycles. The second kappa shape index (κ2) is 8.24. The first-order valence-electron chi connectivity index (χ1n) is 8.25. The fraction of sp³-hybridized carbons (Fsp3) is 0.562. The van der Waals surface area contributed by atoms with Crippen molar-refractivity contribution >= 4 is 21.4 Å². The number of nitrogens with one attached hydrogen (secondary N) is 2. The van der Waals surface area contributed by atoms with E-state index in [1.807, 2.05) is 0 Å². The highest BCUT2D eigenvalue weighted by molar-refractivity contribution is 7.92. The van der Waals surface area contributed by atoms with E-state index < -0.39 is 31.7 Å². The van der Waals surface area contributed by atoms with Crippen molar-refractivity contribution in [2.75, 3.05) is 11.9 Å². The molecule has 1 aliphatic rings. The van der Waals surface area contributed by atoms with Gasteiger partial charge in [0, 0.05) is 19.0 Å². The van der Waals surface area contributed by atoms with Gasteiger partial charge in [0.25, 0.3) is 9.84 Å². The van der Waals surface area contributed by atoms with Gasteiger partial charge in [0.15, 0.2) is 0 Å². The van der Waals surface area contributed by atoms with Crippen molar-refractivity contribution < 1.29 is 30.8 Å². The zero-order chi connectivity index (χ0) is 19.4. The Morgan fingerprint density at radius 3 is 2.42 bits per heavy atom. The second-order valence-electron chi connectivity index (χ2n) is 6.17. The fourth-order valence-electron chi connectivity index (χ4n) is 2.85. The normalized spacial score (nSPS) is 16.3. The quantitative estimate of drug-likeness (QED) is 0.723. The molecule has 146 valence electrons. The lowest BCUT2D eigenvalue weighted by atomic mass is 9.95. The molecular formula is C16H20F4N2O3S. The molecule has 0 saturated heterocycles. The highest BCUT2D eigenvalue weighted by atomic mass is 32.2. The van der Waals surface area contributed by atoms with Crippen LogP contribution in [0.3, 0.4) is 0 Å². The Kier molecular flexibility index (Phi) is 6.48. The van der Waals surface area contributed by atoms with E-state index in [4.69, 9.17) is 0 Å². The molecule has 0 radical (unpaired) electrons.